The third-order valence-corrected chi connectivity index (χ3v) is 17.5. The molecule has 0 aromatic heterocycles. The summed E-state index contributed by atoms with van der Waals surface area (Å²) in [7, 11) is 1.18. The van der Waals surface area contributed by atoms with Crippen molar-refractivity contribution in [1.29, 1.82) is 0 Å². The monoisotopic (exact) mass is 1230 g/mol. The van der Waals surface area contributed by atoms with Crippen LogP contribution in [-0.2, 0) is 32.7 Å². The van der Waals surface area contributed by atoms with Gasteiger partial charge in [-0.25, -0.2) is 0 Å². The van der Waals surface area contributed by atoms with Crippen LogP contribution in [0.3, 0.4) is 0 Å². The number of carbonyl (C=O) groups excluding carboxylic acids is 2. The molecule has 0 aromatic rings. The van der Waals surface area contributed by atoms with E-state index in [1.54, 1.807) is 0 Å². The Morgan fingerprint density at radius 3 is 1.00 bits per heavy atom. The molecular weight excluding hydrogens is 1090 g/mol. The summed E-state index contributed by atoms with van der Waals surface area (Å²) in [5, 5.41) is 0. The molecule has 0 saturated heterocycles. The van der Waals surface area contributed by atoms with Crippen molar-refractivity contribution in [2.45, 2.75) is 367 Å². The Morgan fingerprint density at radius 2 is 0.663 bits per heavy atom. The number of phosphoric ester groups is 1. The van der Waals surface area contributed by atoms with E-state index in [1.165, 1.54) is 270 Å². The molecule has 0 aliphatic carbocycles. The molecule has 2 unspecified atom stereocenters. The molecule has 10 heteroatoms. The van der Waals surface area contributed by atoms with Gasteiger partial charge in [-0.1, -0.05) is 331 Å². The molecule has 0 heterocycles. The van der Waals surface area contributed by atoms with E-state index in [0.29, 0.717) is 17.4 Å². The molecule has 0 aromatic carbocycles. The van der Waals surface area contributed by atoms with Gasteiger partial charge in [-0.2, -0.15) is 0 Å². The second kappa shape index (κ2) is 67.1. The van der Waals surface area contributed by atoms with Crippen LogP contribution >= 0.6 is 7.82 Å². The van der Waals surface area contributed by atoms with Crippen molar-refractivity contribution in [2.24, 2.45) is 0 Å². The van der Waals surface area contributed by atoms with Crippen LogP contribution in [0.15, 0.2) is 60.8 Å². The van der Waals surface area contributed by atoms with Crippen LogP contribution in [0.1, 0.15) is 361 Å². The highest BCUT2D eigenvalue weighted by Gasteiger charge is 2.22. The standard InChI is InChI=1S/C76H142NO8P/c1-6-8-10-12-14-16-18-20-22-24-26-28-30-32-34-35-36-37-38-39-40-41-43-45-47-49-51-53-55-57-59-61-63-65-67-69-76(79)85-74(73-84-86(80,81)83-71-70-77(3,4)5)72-82-75(78)68-66-64-62-60-58-56-54-52-50-48-46-44-42-33-31-29-27-25-23-21-19-17-15-13-11-9-7-2/h8,10,14,16,20,22,25-28,74H,6-7,9,11-13,15,17-19,21,23-24,29-73H2,1-5H3/b10-8-,16-14-,22-20-,27-25-,28-26-. The maximum absolute atomic E-state index is 12.9. The molecule has 9 nitrogen and oxygen atoms in total. The first-order valence-corrected chi connectivity index (χ1v) is 38.5. The summed E-state index contributed by atoms with van der Waals surface area (Å²) in [6, 6.07) is 0. The summed E-state index contributed by atoms with van der Waals surface area (Å²) in [6.07, 6.45) is 88.9. The molecule has 0 saturated carbocycles. The quantitative estimate of drug-likeness (QED) is 0.0195. The predicted octanol–water partition coefficient (Wildman–Crippen LogP) is 23.5. The summed E-state index contributed by atoms with van der Waals surface area (Å²) in [5.74, 6) is -0.813. The Labute approximate surface area is 534 Å². The Bertz CT molecular complexity index is 1630. The molecule has 0 aliphatic rings. The lowest BCUT2D eigenvalue weighted by Crippen LogP contribution is -2.37. The first-order chi connectivity index (χ1) is 42.0. The number of carbonyl (C=O) groups is 2. The molecule has 0 N–H and O–H groups in total. The van der Waals surface area contributed by atoms with E-state index < -0.39 is 26.5 Å². The van der Waals surface area contributed by atoms with Gasteiger partial charge in [0.2, 0.25) is 0 Å². The lowest BCUT2D eigenvalue weighted by atomic mass is 10.0. The molecular formula is C76H142NO8P. The first-order valence-electron chi connectivity index (χ1n) is 37.0. The van der Waals surface area contributed by atoms with Crippen LogP contribution in [0.25, 0.3) is 0 Å². The van der Waals surface area contributed by atoms with E-state index in [2.05, 4.69) is 74.6 Å². The lowest BCUT2D eigenvalue weighted by Gasteiger charge is -2.28. The normalized spacial score (nSPS) is 13.4. The minimum atomic E-state index is -4.64. The number of likely N-dealkylation sites (N-methyl/N-ethyl adjacent to an activating group) is 1. The van der Waals surface area contributed by atoms with Gasteiger partial charge in [0.15, 0.2) is 6.10 Å². The van der Waals surface area contributed by atoms with Crippen molar-refractivity contribution in [3.63, 3.8) is 0 Å². The SMILES string of the molecule is CC/C=C\C/C=C\C/C=C\C/C=C\CCCCCCCCCCCCCCCCCCCCCCCCC(=O)OC(COC(=O)CCCCCCCCCCCCCCCCC/C=C\CCCCCCCCCC)COP(=O)([O-])OCC[N+](C)(C)C. The predicted molar refractivity (Wildman–Crippen MR) is 370 cm³/mol. The molecule has 0 amide bonds. The molecule has 0 aliphatic heterocycles. The van der Waals surface area contributed by atoms with Crippen molar-refractivity contribution in [2.75, 3.05) is 47.5 Å². The molecule has 0 bridgehead atoms. The third kappa shape index (κ3) is 70.8. The van der Waals surface area contributed by atoms with Gasteiger partial charge in [0.1, 0.15) is 19.8 Å². The van der Waals surface area contributed by atoms with Gasteiger partial charge in [-0.3, -0.25) is 14.2 Å². The van der Waals surface area contributed by atoms with Crippen LogP contribution < -0.4 is 4.89 Å². The summed E-state index contributed by atoms with van der Waals surface area (Å²) in [5.41, 5.74) is 0. The van der Waals surface area contributed by atoms with Crippen LogP contribution in [0.4, 0.5) is 0 Å². The van der Waals surface area contributed by atoms with Gasteiger partial charge in [-0.05, 0) is 77.0 Å². The molecule has 0 spiro atoms. The largest absolute Gasteiger partial charge is 0.756 e. The van der Waals surface area contributed by atoms with Crippen molar-refractivity contribution < 1.29 is 42.1 Å². The van der Waals surface area contributed by atoms with Crippen LogP contribution in [-0.4, -0.2) is 70.0 Å². The van der Waals surface area contributed by atoms with Crippen LogP contribution in [0.5, 0.6) is 0 Å². The van der Waals surface area contributed by atoms with Crippen LogP contribution in [0, 0.1) is 0 Å². The number of ether oxygens (including phenoxy) is 2. The van der Waals surface area contributed by atoms with Gasteiger partial charge in [0.25, 0.3) is 7.82 Å². The summed E-state index contributed by atoms with van der Waals surface area (Å²) < 4.78 is 34.4. The molecule has 0 rings (SSSR count). The van der Waals surface area contributed by atoms with Gasteiger partial charge in [0, 0.05) is 12.8 Å². The smallest absolute Gasteiger partial charge is 0.306 e. The summed E-state index contributed by atoms with van der Waals surface area (Å²) in [6.45, 7) is 4.19. The minimum absolute atomic E-state index is 0.0288. The summed E-state index contributed by atoms with van der Waals surface area (Å²) in [4.78, 5) is 38.1. The second-order valence-electron chi connectivity index (χ2n) is 26.3. The van der Waals surface area contributed by atoms with Gasteiger partial charge in [0.05, 0.1) is 27.7 Å². The number of esters is 2. The Morgan fingerprint density at radius 1 is 0.372 bits per heavy atom. The Balaban J connectivity index is 3.96. The maximum atomic E-state index is 12.9. The number of quaternary nitrogens is 1. The van der Waals surface area contributed by atoms with E-state index in [1.807, 2.05) is 21.1 Å². The zero-order valence-corrected chi connectivity index (χ0v) is 58.4. The van der Waals surface area contributed by atoms with E-state index in [9.17, 15) is 19.0 Å². The highest BCUT2D eigenvalue weighted by atomic mass is 31.2. The van der Waals surface area contributed by atoms with Gasteiger partial charge >= 0.3 is 11.9 Å². The fraction of sp³-hybridized carbons (Fsp3) is 0.842. The van der Waals surface area contributed by atoms with Crippen molar-refractivity contribution in [3.8, 4) is 0 Å². The number of allylic oxidation sites excluding steroid dienone is 10. The topological polar surface area (TPSA) is 111 Å². The van der Waals surface area contributed by atoms with E-state index in [0.717, 1.165) is 57.8 Å². The Hall–Kier alpha value is -2.29. The Kier molecular flexibility index (Phi) is 65.3. The van der Waals surface area contributed by atoms with E-state index in [-0.39, 0.29) is 32.0 Å². The van der Waals surface area contributed by atoms with Crippen molar-refractivity contribution in [1.82, 2.24) is 0 Å². The van der Waals surface area contributed by atoms with Gasteiger partial charge in [-0.15, -0.1) is 0 Å². The molecule has 0 radical (unpaired) electrons. The van der Waals surface area contributed by atoms with E-state index in [4.69, 9.17) is 18.5 Å². The highest BCUT2D eigenvalue weighted by molar-refractivity contribution is 7.45. The maximum Gasteiger partial charge on any atom is 0.306 e. The second-order valence-corrected chi connectivity index (χ2v) is 27.7. The molecule has 0 fully saturated rings. The fourth-order valence-electron chi connectivity index (χ4n) is 10.9. The first kappa shape index (κ1) is 83.7. The average molecular weight is 1230 g/mol. The number of unbranched alkanes of at least 4 members (excludes halogenated alkanes) is 45. The molecule has 504 valence electrons. The van der Waals surface area contributed by atoms with Gasteiger partial charge < -0.3 is 27.9 Å². The number of nitrogens with zero attached hydrogens (tertiary/aromatic N) is 1. The fourth-order valence-corrected chi connectivity index (χ4v) is 11.6. The highest BCUT2D eigenvalue weighted by Crippen LogP contribution is 2.38. The molecule has 2 atom stereocenters. The van der Waals surface area contributed by atoms with Crippen LogP contribution in [0.2, 0.25) is 0 Å². The average Bonchev–Trinajstić information content (AvgIpc) is 3.56. The number of rotatable bonds is 69. The van der Waals surface area contributed by atoms with E-state index >= 15 is 0 Å². The number of hydrogen-bond donors (Lipinski definition) is 0. The number of hydrogen-bond acceptors (Lipinski definition) is 8. The van der Waals surface area contributed by atoms with Crippen molar-refractivity contribution in [3.05, 3.63) is 60.8 Å². The lowest BCUT2D eigenvalue weighted by molar-refractivity contribution is -0.870. The number of phosphoric acid groups is 1. The zero-order chi connectivity index (χ0) is 62.6. The summed E-state index contributed by atoms with van der Waals surface area (Å²) >= 11 is 0. The minimum Gasteiger partial charge on any atom is -0.756 e. The third-order valence-electron chi connectivity index (χ3n) is 16.5. The van der Waals surface area contributed by atoms with Crippen molar-refractivity contribution >= 4 is 19.8 Å². The molecule has 86 heavy (non-hydrogen) atoms. The zero-order valence-electron chi connectivity index (χ0n) is 57.5.